The molecular formula is C20H32N2O2. The van der Waals surface area contributed by atoms with Crippen molar-refractivity contribution in [1.29, 1.82) is 0 Å². The van der Waals surface area contributed by atoms with E-state index in [4.69, 9.17) is 4.74 Å². The van der Waals surface area contributed by atoms with Crippen molar-refractivity contribution in [1.82, 2.24) is 10.6 Å². The first kappa shape index (κ1) is 18.8. The molecule has 0 aromatic heterocycles. The predicted molar refractivity (Wildman–Crippen MR) is 98.2 cm³/mol. The standard InChI is InChI=1S/C20H32N2O2/c1-15(14-16-8-6-5-7-9-16)21-17-10-12-18(13-11-17)22-19(23)24-20(2,3)4/h5-9,15,17-18,21H,10-14H2,1-4H3,(H,22,23). The maximum atomic E-state index is 11.8. The summed E-state index contributed by atoms with van der Waals surface area (Å²) in [5.41, 5.74) is 0.938. The maximum absolute atomic E-state index is 11.8. The lowest BCUT2D eigenvalue weighted by Crippen LogP contribution is -2.46. The van der Waals surface area contributed by atoms with Crippen molar-refractivity contribution in [3.05, 3.63) is 35.9 Å². The van der Waals surface area contributed by atoms with Crippen LogP contribution in [0.15, 0.2) is 30.3 Å². The minimum Gasteiger partial charge on any atom is -0.444 e. The quantitative estimate of drug-likeness (QED) is 0.855. The van der Waals surface area contributed by atoms with Crippen LogP contribution in [0, 0.1) is 0 Å². The number of hydrogen-bond acceptors (Lipinski definition) is 3. The van der Waals surface area contributed by atoms with Crippen molar-refractivity contribution in [2.75, 3.05) is 0 Å². The van der Waals surface area contributed by atoms with Gasteiger partial charge >= 0.3 is 6.09 Å². The van der Waals surface area contributed by atoms with E-state index in [9.17, 15) is 4.79 Å². The van der Waals surface area contributed by atoms with E-state index in [1.807, 2.05) is 20.8 Å². The third kappa shape index (κ3) is 6.91. The van der Waals surface area contributed by atoms with E-state index in [0.29, 0.717) is 12.1 Å². The van der Waals surface area contributed by atoms with E-state index in [-0.39, 0.29) is 12.1 Å². The van der Waals surface area contributed by atoms with E-state index < -0.39 is 5.60 Å². The van der Waals surface area contributed by atoms with Crippen molar-refractivity contribution in [2.24, 2.45) is 0 Å². The van der Waals surface area contributed by atoms with Crippen LogP contribution in [-0.4, -0.2) is 29.8 Å². The van der Waals surface area contributed by atoms with Gasteiger partial charge in [0, 0.05) is 18.1 Å². The first-order chi connectivity index (χ1) is 11.3. The first-order valence-corrected chi connectivity index (χ1v) is 9.11. The summed E-state index contributed by atoms with van der Waals surface area (Å²) in [5, 5.41) is 6.74. The molecule has 1 atom stereocenters. The molecule has 0 heterocycles. The molecule has 2 N–H and O–H groups in total. The number of hydrogen-bond donors (Lipinski definition) is 2. The Labute approximate surface area is 146 Å². The van der Waals surface area contributed by atoms with Crippen LogP contribution in [-0.2, 0) is 11.2 Å². The van der Waals surface area contributed by atoms with Gasteiger partial charge in [-0.25, -0.2) is 4.79 Å². The molecule has 1 saturated carbocycles. The molecule has 1 amide bonds. The predicted octanol–water partition coefficient (Wildman–Crippen LogP) is 4.04. The molecule has 1 fully saturated rings. The SMILES string of the molecule is CC(Cc1ccccc1)NC1CCC(NC(=O)OC(C)(C)C)CC1. The number of amides is 1. The fourth-order valence-electron chi connectivity index (χ4n) is 3.31. The molecule has 1 aliphatic carbocycles. The molecule has 4 heteroatoms. The second kappa shape index (κ2) is 8.52. The molecule has 1 aromatic rings. The Kier molecular flexibility index (Phi) is 6.67. The highest BCUT2D eigenvalue weighted by Gasteiger charge is 2.25. The van der Waals surface area contributed by atoms with Crippen LogP contribution in [0.3, 0.4) is 0 Å². The van der Waals surface area contributed by atoms with Gasteiger partial charge in [0.15, 0.2) is 0 Å². The zero-order chi connectivity index (χ0) is 17.6. The Morgan fingerprint density at radius 3 is 2.29 bits per heavy atom. The third-order valence-corrected chi connectivity index (χ3v) is 4.35. The minimum atomic E-state index is -0.435. The Hall–Kier alpha value is -1.55. The van der Waals surface area contributed by atoms with Crippen LogP contribution >= 0.6 is 0 Å². The largest absolute Gasteiger partial charge is 0.444 e. The molecule has 1 aromatic carbocycles. The highest BCUT2D eigenvalue weighted by Crippen LogP contribution is 2.20. The van der Waals surface area contributed by atoms with Gasteiger partial charge in [-0.05, 0) is 65.4 Å². The molecule has 0 saturated heterocycles. The monoisotopic (exact) mass is 332 g/mol. The van der Waals surface area contributed by atoms with E-state index >= 15 is 0 Å². The number of carbonyl (C=O) groups is 1. The number of nitrogens with one attached hydrogen (secondary N) is 2. The van der Waals surface area contributed by atoms with Crippen LogP contribution in [0.1, 0.15) is 58.9 Å². The number of carbonyl (C=O) groups excluding carboxylic acids is 1. The molecule has 0 bridgehead atoms. The van der Waals surface area contributed by atoms with E-state index in [2.05, 4.69) is 47.9 Å². The Morgan fingerprint density at radius 2 is 1.71 bits per heavy atom. The summed E-state index contributed by atoms with van der Waals surface area (Å²) in [6.07, 6.45) is 4.97. The van der Waals surface area contributed by atoms with Gasteiger partial charge in [-0.2, -0.15) is 0 Å². The smallest absolute Gasteiger partial charge is 0.407 e. The second-order valence-electron chi connectivity index (χ2n) is 7.95. The van der Waals surface area contributed by atoms with Crippen molar-refractivity contribution >= 4 is 6.09 Å². The maximum Gasteiger partial charge on any atom is 0.407 e. The lowest BCUT2D eigenvalue weighted by molar-refractivity contribution is 0.0489. The van der Waals surface area contributed by atoms with Crippen molar-refractivity contribution in [3.63, 3.8) is 0 Å². The Bertz CT molecular complexity index is 502. The summed E-state index contributed by atoms with van der Waals surface area (Å²) in [4.78, 5) is 11.8. The number of benzene rings is 1. The van der Waals surface area contributed by atoms with Crippen molar-refractivity contribution < 1.29 is 9.53 Å². The van der Waals surface area contributed by atoms with Gasteiger partial charge in [0.05, 0.1) is 0 Å². The van der Waals surface area contributed by atoms with Crippen molar-refractivity contribution in [3.8, 4) is 0 Å². The molecule has 0 aliphatic heterocycles. The number of alkyl carbamates (subject to hydrolysis) is 1. The summed E-state index contributed by atoms with van der Waals surface area (Å²) < 4.78 is 5.33. The summed E-state index contributed by atoms with van der Waals surface area (Å²) in [6.45, 7) is 7.92. The topological polar surface area (TPSA) is 50.4 Å². The van der Waals surface area contributed by atoms with Gasteiger partial charge < -0.3 is 15.4 Å². The zero-order valence-corrected chi connectivity index (χ0v) is 15.5. The molecule has 1 aliphatic rings. The normalized spacial score (nSPS) is 22.7. The van der Waals surface area contributed by atoms with Gasteiger partial charge in [0.1, 0.15) is 5.60 Å². The molecule has 0 spiro atoms. The molecule has 2 rings (SSSR count). The molecule has 1 unspecified atom stereocenters. The van der Waals surface area contributed by atoms with Crippen molar-refractivity contribution in [2.45, 2.75) is 83.5 Å². The second-order valence-corrected chi connectivity index (χ2v) is 7.95. The van der Waals surface area contributed by atoms with Gasteiger partial charge in [-0.15, -0.1) is 0 Å². The highest BCUT2D eigenvalue weighted by molar-refractivity contribution is 5.68. The fourth-order valence-corrected chi connectivity index (χ4v) is 3.31. The van der Waals surface area contributed by atoms with Gasteiger partial charge in [0.25, 0.3) is 0 Å². The molecule has 24 heavy (non-hydrogen) atoms. The summed E-state index contributed by atoms with van der Waals surface area (Å²) >= 11 is 0. The average Bonchev–Trinajstić information content (AvgIpc) is 2.48. The van der Waals surface area contributed by atoms with E-state index in [1.165, 1.54) is 5.56 Å². The van der Waals surface area contributed by atoms with Gasteiger partial charge in [-0.1, -0.05) is 30.3 Å². The lowest BCUT2D eigenvalue weighted by atomic mass is 9.90. The van der Waals surface area contributed by atoms with Crippen LogP contribution in [0.5, 0.6) is 0 Å². The summed E-state index contributed by atoms with van der Waals surface area (Å²) in [5.74, 6) is 0. The minimum absolute atomic E-state index is 0.238. The Morgan fingerprint density at radius 1 is 1.12 bits per heavy atom. The van der Waals surface area contributed by atoms with Gasteiger partial charge in [-0.3, -0.25) is 0 Å². The molecule has 0 radical (unpaired) electrons. The average molecular weight is 332 g/mol. The highest BCUT2D eigenvalue weighted by atomic mass is 16.6. The van der Waals surface area contributed by atoms with Crippen LogP contribution in [0.4, 0.5) is 4.79 Å². The van der Waals surface area contributed by atoms with Crippen LogP contribution in [0.2, 0.25) is 0 Å². The molecule has 134 valence electrons. The third-order valence-electron chi connectivity index (χ3n) is 4.35. The van der Waals surface area contributed by atoms with E-state index in [1.54, 1.807) is 0 Å². The first-order valence-electron chi connectivity index (χ1n) is 9.11. The van der Waals surface area contributed by atoms with Crippen LogP contribution < -0.4 is 10.6 Å². The van der Waals surface area contributed by atoms with Gasteiger partial charge in [0.2, 0.25) is 0 Å². The number of ether oxygens (including phenoxy) is 1. The fraction of sp³-hybridized carbons (Fsp3) is 0.650. The molecule has 4 nitrogen and oxygen atoms in total. The number of rotatable bonds is 5. The Balaban J connectivity index is 1.68. The lowest BCUT2D eigenvalue weighted by Gasteiger charge is -2.32. The molecular weight excluding hydrogens is 300 g/mol. The van der Waals surface area contributed by atoms with Crippen LogP contribution in [0.25, 0.3) is 0 Å². The van der Waals surface area contributed by atoms with E-state index in [0.717, 1.165) is 32.1 Å². The summed E-state index contributed by atoms with van der Waals surface area (Å²) in [6, 6.07) is 11.8. The summed E-state index contributed by atoms with van der Waals surface area (Å²) in [7, 11) is 0. The zero-order valence-electron chi connectivity index (χ0n) is 15.5.